The predicted octanol–water partition coefficient (Wildman–Crippen LogP) is 7.48. The number of anilines is 1. The molecular weight excluding hydrogens is 418 g/mol. The summed E-state index contributed by atoms with van der Waals surface area (Å²) in [5, 5.41) is 3.73. The monoisotopic (exact) mass is 449 g/mol. The number of hydrogen-bond donors (Lipinski definition) is 1. The summed E-state index contributed by atoms with van der Waals surface area (Å²) >= 11 is 6.01. The summed E-state index contributed by atoms with van der Waals surface area (Å²) in [7, 11) is 0. The number of unbranched alkanes of at least 4 members (excludes halogenated alkanes) is 4. The van der Waals surface area contributed by atoms with Crippen molar-refractivity contribution in [1.29, 1.82) is 0 Å². The Labute approximate surface area is 196 Å². The molecule has 0 aliphatic heterocycles. The molecule has 3 aromatic rings. The Hall–Kier alpha value is -2.85. The van der Waals surface area contributed by atoms with Gasteiger partial charge in [0.15, 0.2) is 0 Å². The maximum Gasteiger partial charge on any atom is 0.322 e. The van der Waals surface area contributed by atoms with Crippen molar-refractivity contribution in [3.05, 3.63) is 94.8 Å². The highest BCUT2D eigenvalue weighted by atomic mass is 35.5. The minimum Gasteiger partial charge on any atom is -0.316 e. The van der Waals surface area contributed by atoms with Gasteiger partial charge < -0.3 is 10.2 Å². The highest BCUT2D eigenvalue weighted by Gasteiger charge is 2.15. The van der Waals surface area contributed by atoms with Crippen molar-refractivity contribution in [3.63, 3.8) is 0 Å². The average Bonchev–Trinajstić information content (AvgIpc) is 2.81. The first-order valence-electron chi connectivity index (χ1n) is 11.4. The third-order valence-corrected chi connectivity index (χ3v) is 5.70. The van der Waals surface area contributed by atoms with Crippen molar-refractivity contribution in [2.75, 3.05) is 5.32 Å². The van der Waals surface area contributed by atoms with Crippen LogP contribution in [0.1, 0.15) is 55.7 Å². The number of carbonyl (C=O) groups is 1. The van der Waals surface area contributed by atoms with Crippen molar-refractivity contribution >= 4 is 23.3 Å². The van der Waals surface area contributed by atoms with Crippen LogP contribution >= 0.6 is 11.6 Å². The van der Waals surface area contributed by atoms with E-state index in [-0.39, 0.29) is 6.03 Å². The van der Waals surface area contributed by atoms with Crippen molar-refractivity contribution in [2.24, 2.45) is 0 Å². The maximum absolute atomic E-state index is 13.1. The van der Waals surface area contributed by atoms with Crippen LogP contribution in [0.4, 0.5) is 10.5 Å². The number of aryl methyl sites for hydroxylation is 1. The van der Waals surface area contributed by atoms with Gasteiger partial charge in [0.2, 0.25) is 0 Å². The maximum atomic E-state index is 13.1. The molecule has 0 aliphatic rings. The quantitative estimate of drug-likeness (QED) is 0.308. The molecule has 0 bridgehead atoms. The van der Waals surface area contributed by atoms with Gasteiger partial charge in [0.1, 0.15) is 0 Å². The van der Waals surface area contributed by atoms with Crippen LogP contribution < -0.4 is 5.32 Å². The summed E-state index contributed by atoms with van der Waals surface area (Å²) in [5.41, 5.74) is 4.12. The zero-order chi connectivity index (χ0) is 22.6. The number of nitrogens with zero attached hydrogens (tertiary/aromatic N) is 2. The lowest BCUT2D eigenvalue weighted by Crippen LogP contribution is -2.34. The number of amides is 2. The molecule has 2 amide bonds. The largest absolute Gasteiger partial charge is 0.322 e. The van der Waals surface area contributed by atoms with Crippen LogP contribution in [0.25, 0.3) is 0 Å². The molecule has 3 rings (SSSR count). The van der Waals surface area contributed by atoms with Crippen molar-refractivity contribution in [2.45, 2.75) is 58.5 Å². The fourth-order valence-corrected chi connectivity index (χ4v) is 3.74. The highest BCUT2D eigenvalue weighted by molar-refractivity contribution is 6.30. The smallest absolute Gasteiger partial charge is 0.316 e. The molecule has 0 aliphatic carbocycles. The Morgan fingerprint density at radius 2 is 1.56 bits per heavy atom. The fraction of sp³-hybridized carbons (Fsp3) is 0.333. The van der Waals surface area contributed by atoms with E-state index >= 15 is 0 Å². The summed E-state index contributed by atoms with van der Waals surface area (Å²) in [5.74, 6) is 0. The molecule has 0 atom stereocenters. The van der Waals surface area contributed by atoms with E-state index in [1.54, 1.807) is 17.3 Å². The topological polar surface area (TPSA) is 45.2 Å². The van der Waals surface area contributed by atoms with Gasteiger partial charge in [0, 0.05) is 36.2 Å². The van der Waals surface area contributed by atoms with Gasteiger partial charge in [-0.25, -0.2) is 4.79 Å². The lowest BCUT2D eigenvalue weighted by Gasteiger charge is -2.23. The average molecular weight is 450 g/mol. The van der Waals surface area contributed by atoms with Gasteiger partial charge in [-0.2, -0.15) is 0 Å². The first kappa shape index (κ1) is 23.8. The first-order chi connectivity index (χ1) is 15.6. The van der Waals surface area contributed by atoms with Gasteiger partial charge in [-0.3, -0.25) is 4.98 Å². The van der Waals surface area contributed by atoms with Gasteiger partial charge in [0.25, 0.3) is 0 Å². The Kier molecular flexibility index (Phi) is 9.58. The zero-order valence-electron chi connectivity index (χ0n) is 18.8. The molecule has 1 heterocycles. The minimum absolute atomic E-state index is 0.142. The second-order valence-corrected chi connectivity index (χ2v) is 8.57. The van der Waals surface area contributed by atoms with E-state index in [0.717, 1.165) is 23.2 Å². The number of nitrogens with one attached hydrogen (secondary N) is 1. The van der Waals surface area contributed by atoms with Gasteiger partial charge in [0.05, 0.1) is 0 Å². The molecule has 0 saturated carbocycles. The van der Waals surface area contributed by atoms with E-state index in [9.17, 15) is 4.79 Å². The summed E-state index contributed by atoms with van der Waals surface area (Å²) < 4.78 is 0. The lowest BCUT2D eigenvalue weighted by atomic mass is 10.1. The van der Waals surface area contributed by atoms with Crippen LogP contribution in [0.2, 0.25) is 5.02 Å². The van der Waals surface area contributed by atoms with E-state index in [1.807, 2.05) is 48.5 Å². The van der Waals surface area contributed by atoms with Gasteiger partial charge in [-0.15, -0.1) is 0 Å². The highest BCUT2D eigenvalue weighted by Crippen LogP contribution is 2.17. The molecule has 0 spiro atoms. The lowest BCUT2D eigenvalue weighted by molar-refractivity contribution is 0.206. The third kappa shape index (κ3) is 8.01. The van der Waals surface area contributed by atoms with Crippen LogP contribution in [0.15, 0.2) is 73.1 Å². The van der Waals surface area contributed by atoms with E-state index in [2.05, 4.69) is 29.4 Å². The van der Waals surface area contributed by atoms with Crippen molar-refractivity contribution in [3.8, 4) is 0 Å². The Morgan fingerprint density at radius 1 is 0.875 bits per heavy atom. The summed E-state index contributed by atoms with van der Waals surface area (Å²) in [6.07, 6.45) is 11.0. The normalized spacial score (nSPS) is 10.7. The molecular formula is C27H32ClN3O. The molecule has 168 valence electrons. The number of rotatable bonds is 11. The van der Waals surface area contributed by atoms with E-state index in [0.29, 0.717) is 18.1 Å². The molecule has 0 saturated heterocycles. The Balaban J connectivity index is 1.61. The van der Waals surface area contributed by atoms with Crippen LogP contribution in [0, 0.1) is 0 Å². The van der Waals surface area contributed by atoms with Crippen LogP contribution in [-0.4, -0.2) is 15.9 Å². The van der Waals surface area contributed by atoms with Crippen LogP contribution in [-0.2, 0) is 19.5 Å². The molecule has 0 radical (unpaired) electrons. The van der Waals surface area contributed by atoms with Gasteiger partial charge >= 0.3 is 6.03 Å². The zero-order valence-corrected chi connectivity index (χ0v) is 19.5. The number of aromatic nitrogens is 1. The molecule has 4 nitrogen and oxygen atoms in total. The van der Waals surface area contributed by atoms with Gasteiger partial charge in [-0.1, -0.05) is 74.5 Å². The molecule has 5 heteroatoms. The number of carbonyl (C=O) groups excluding carboxylic acids is 1. The van der Waals surface area contributed by atoms with Crippen molar-refractivity contribution < 1.29 is 4.79 Å². The summed E-state index contributed by atoms with van der Waals surface area (Å²) in [6.45, 7) is 3.19. The van der Waals surface area contributed by atoms with Crippen LogP contribution in [0.5, 0.6) is 0 Å². The standard InChI is InChI=1S/C27H32ClN3O/c1-2-3-4-5-6-8-22-12-16-26(17-13-22)30-27(32)31(21-24-9-7-18-29-19-24)20-23-10-14-25(28)15-11-23/h7,9-19H,2-6,8,20-21H2,1H3,(H,30,32). The molecule has 0 fully saturated rings. The molecule has 2 aromatic carbocycles. The SMILES string of the molecule is CCCCCCCc1ccc(NC(=O)N(Cc2ccc(Cl)cc2)Cc2cccnc2)cc1. The van der Waals surface area contributed by atoms with E-state index < -0.39 is 0 Å². The molecule has 1 aromatic heterocycles. The Morgan fingerprint density at radius 3 is 2.25 bits per heavy atom. The van der Waals surface area contributed by atoms with Crippen molar-refractivity contribution in [1.82, 2.24) is 9.88 Å². The first-order valence-corrected chi connectivity index (χ1v) is 11.8. The van der Waals surface area contributed by atoms with Crippen LogP contribution in [0.3, 0.4) is 0 Å². The number of hydrogen-bond acceptors (Lipinski definition) is 2. The number of urea groups is 1. The third-order valence-electron chi connectivity index (χ3n) is 5.44. The van der Waals surface area contributed by atoms with E-state index in [1.165, 1.54) is 37.7 Å². The second kappa shape index (κ2) is 12.9. The number of halogens is 1. The molecule has 1 N–H and O–H groups in total. The Bertz CT molecular complexity index is 943. The fourth-order valence-electron chi connectivity index (χ4n) is 3.61. The molecule has 32 heavy (non-hydrogen) atoms. The number of benzene rings is 2. The van der Waals surface area contributed by atoms with E-state index in [4.69, 9.17) is 11.6 Å². The van der Waals surface area contributed by atoms with Gasteiger partial charge in [-0.05, 0) is 59.9 Å². The number of pyridine rings is 1. The summed E-state index contributed by atoms with van der Waals surface area (Å²) in [4.78, 5) is 19.1. The summed E-state index contributed by atoms with van der Waals surface area (Å²) in [6, 6.07) is 19.5. The predicted molar refractivity (Wildman–Crippen MR) is 133 cm³/mol. The second-order valence-electron chi connectivity index (χ2n) is 8.14. The minimum atomic E-state index is -0.142. The molecule has 0 unspecified atom stereocenters.